The number of hydrogen-bond acceptors (Lipinski definition) is 4. The third-order valence-electron chi connectivity index (χ3n) is 3.64. The molecule has 21 heavy (non-hydrogen) atoms. The molecule has 1 aromatic rings. The molecule has 0 radical (unpaired) electrons. The third-order valence-corrected chi connectivity index (χ3v) is 4.74. The van der Waals surface area contributed by atoms with Gasteiger partial charge in [0.15, 0.2) is 0 Å². The Morgan fingerprint density at radius 1 is 1.57 bits per heavy atom. The van der Waals surface area contributed by atoms with E-state index in [1.807, 2.05) is 11.8 Å². The summed E-state index contributed by atoms with van der Waals surface area (Å²) in [5.41, 5.74) is 6.42. The number of aromatic nitrogens is 1. The molecule has 1 fully saturated rings. The van der Waals surface area contributed by atoms with E-state index < -0.39 is 0 Å². The van der Waals surface area contributed by atoms with E-state index in [1.165, 1.54) is 12.8 Å². The number of nitrogens with one attached hydrogen (secondary N) is 1. The zero-order valence-corrected chi connectivity index (χ0v) is 13.1. The molecule has 2 rings (SSSR count). The number of carbonyl (C=O) groups excluding carboxylic acids is 1. The highest BCUT2D eigenvalue weighted by atomic mass is 32.2. The Kier molecular flexibility index (Phi) is 6.09. The average Bonchev–Trinajstić information content (AvgIpc) is 2.53. The minimum absolute atomic E-state index is 0.135. The molecule has 1 aliphatic carbocycles. The highest BCUT2D eigenvalue weighted by molar-refractivity contribution is 7.99. The molecule has 1 heterocycles. The lowest BCUT2D eigenvalue weighted by atomic mass is 9.94. The highest BCUT2D eigenvalue weighted by Crippen LogP contribution is 2.27. The van der Waals surface area contributed by atoms with Crippen molar-refractivity contribution < 1.29 is 4.79 Å². The van der Waals surface area contributed by atoms with E-state index in [0.717, 1.165) is 12.8 Å². The minimum Gasteiger partial charge on any atom is -0.348 e. The molecule has 1 saturated carbocycles. The molecule has 0 aliphatic heterocycles. The van der Waals surface area contributed by atoms with Gasteiger partial charge in [-0.1, -0.05) is 18.3 Å². The Morgan fingerprint density at radius 2 is 2.43 bits per heavy atom. The van der Waals surface area contributed by atoms with Crippen molar-refractivity contribution in [2.75, 3.05) is 12.8 Å². The summed E-state index contributed by atoms with van der Waals surface area (Å²) in [6.45, 7) is 0.272. The lowest BCUT2D eigenvalue weighted by molar-refractivity contribution is 0.0923. The molecule has 0 saturated heterocycles. The first kappa shape index (κ1) is 15.9. The number of thioether (sulfide) groups is 1. The van der Waals surface area contributed by atoms with Crippen molar-refractivity contribution in [3.63, 3.8) is 0 Å². The average molecular weight is 303 g/mol. The molecular formula is C16H21N3OS. The Labute approximate surface area is 130 Å². The van der Waals surface area contributed by atoms with Gasteiger partial charge in [-0.2, -0.15) is 11.8 Å². The number of hydrogen-bond donors (Lipinski definition) is 2. The van der Waals surface area contributed by atoms with E-state index in [1.54, 1.807) is 18.3 Å². The van der Waals surface area contributed by atoms with Crippen molar-refractivity contribution in [2.24, 2.45) is 5.73 Å². The van der Waals surface area contributed by atoms with Crippen LogP contribution < -0.4 is 11.1 Å². The van der Waals surface area contributed by atoms with Crippen LogP contribution in [0.1, 0.15) is 41.7 Å². The van der Waals surface area contributed by atoms with Gasteiger partial charge in [0.2, 0.25) is 0 Å². The molecule has 5 heteroatoms. The van der Waals surface area contributed by atoms with Gasteiger partial charge in [-0.05, 0) is 37.7 Å². The van der Waals surface area contributed by atoms with Gasteiger partial charge >= 0.3 is 0 Å². The van der Waals surface area contributed by atoms with Crippen LogP contribution in [-0.2, 0) is 0 Å². The van der Waals surface area contributed by atoms with Gasteiger partial charge < -0.3 is 11.1 Å². The quantitative estimate of drug-likeness (QED) is 0.836. The van der Waals surface area contributed by atoms with Gasteiger partial charge in [-0.15, -0.1) is 0 Å². The Hall–Kier alpha value is -1.51. The maximum Gasteiger partial charge on any atom is 0.271 e. The van der Waals surface area contributed by atoms with Crippen LogP contribution in [0.15, 0.2) is 18.3 Å². The number of carbonyl (C=O) groups is 1. The Bertz CT molecular complexity index is 550. The monoisotopic (exact) mass is 303 g/mol. The molecule has 2 atom stereocenters. The van der Waals surface area contributed by atoms with Crippen molar-refractivity contribution in [1.82, 2.24) is 10.3 Å². The van der Waals surface area contributed by atoms with Crippen LogP contribution in [0.2, 0.25) is 0 Å². The lowest BCUT2D eigenvalue weighted by Crippen LogP contribution is -2.39. The van der Waals surface area contributed by atoms with E-state index in [4.69, 9.17) is 5.73 Å². The standard InChI is InChI=1S/C16H21N3OS/c1-21-14-8-2-7-13(11-14)19-16(20)15-12(5-3-9-17)6-4-10-18-15/h4,6,10,13-14H,2,7-9,11,17H2,1H3,(H,19,20). The number of nitrogens with two attached hydrogens (primary N) is 1. The fraction of sp³-hybridized carbons (Fsp3) is 0.500. The summed E-state index contributed by atoms with van der Waals surface area (Å²) in [5.74, 6) is 5.55. The summed E-state index contributed by atoms with van der Waals surface area (Å²) >= 11 is 1.88. The van der Waals surface area contributed by atoms with Gasteiger partial charge in [0.05, 0.1) is 12.1 Å². The van der Waals surface area contributed by atoms with E-state index in [0.29, 0.717) is 16.5 Å². The number of rotatable bonds is 3. The molecule has 3 N–H and O–H groups in total. The second kappa shape index (κ2) is 8.06. The molecule has 2 unspecified atom stereocenters. The summed E-state index contributed by atoms with van der Waals surface area (Å²) in [4.78, 5) is 16.6. The summed E-state index contributed by atoms with van der Waals surface area (Å²) < 4.78 is 0. The van der Waals surface area contributed by atoms with Crippen molar-refractivity contribution in [1.29, 1.82) is 0 Å². The first-order valence-corrected chi connectivity index (χ1v) is 8.51. The molecular weight excluding hydrogens is 282 g/mol. The smallest absolute Gasteiger partial charge is 0.271 e. The van der Waals surface area contributed by atoms with Crippen molar-refractivity contribution in [3.8, 4) is 11.8 Å². The molecule has 1 amide bonds. The van der Waals surface area contributed by atoms with Crippen LogP contribution in [-0.4, -0.2) is 35.0 Å². The summed E-state index contributed by atoms with van der Waals surface area (Å²) in [6.07, 6.45) is 8.23. The van der Waals surface area contributed by atoms with Gasteiger partial charge in [-0.3, -0.25) is 4.79 Å². The van der Waals surface area contributed by atoms with Crippen LogP contribution in [0.5, 0.6) is 0 Å². The van der Waals surface area contributed by atoms with Gasteiger partial charge in [-0.25, -0.2) is 4.98 Å². The second-order valence-corrected chi connectivity index (χ2v) is 6.24. The third kappa shape index (κ3) is 4.48. The Balaban J connectivity index is 2.06. The number of nitrogens with zero attached hydrogens (tertiary/aromatic N) is 1. The maximum absolute atomic E-state index is 12.4. The maximum atomic E-state index is 12.4. The van der Waals surface area contributed by atoms with Crippen molar-refractivity contribution >= 4 is 17.7 Å². The van der Waals surface area contributed by atoms with Crippen LogP contribution >= 0.6 is 11.8 Å². The van der Waals surface area contributed by atoms with Gasteiger partial charge in [0.25, 0.3) is 5.91 Å². The molecule has 1 aliphatic rings. The minimum atomic E-state index is -0.135. The highest BCUT2D eigenvalue weighted by Gasteiger charge is 2.24. The number of amides is 1. The lowest BCUT2D eigenvalue weighted by Gasteiger charge is -2.28. The number of pyridine rings is 1. The first-order valence-electron chi connectivity index (χ1n) is 7.22. The van der Waals surface area contributed by atoms with E-state index in [-0.39, 0.29) is 18.5 Å². The summed E-state index contributed by atoms with van der Waals surface area (Å²) in [5, 5.41) is 3.75. The van der Waals surface area contributed by atoms with Crippen LogP contribution in [0, 0.1) is 11.8 Å². The zero-order valence-electron chi connectivity index (χ0n) is 12.3. The fourth-order valence-electron chi connectivity index (χ4n) is 2.58. The molecule has 1 aromatic heterocycles. The predicted molar refractivity (Wildman–Crippen MR) is 87.2 cm³/mol. The largest absolute Gasteiger partial charge is 0.348 e. The van der Waals surface area contributed by atoms with Gasteiger partial charge in [0, 0.05) is 17.5 Å². The van der Waals surface area contributed by atoms with Crippen molar-refractivity contribution in [3.05, 3.63) is 29.6 Å². The van der Waals surface area contributed by atoms with Crippen LogP contribution in [0.3, 0.4) is 0 Å². The van der Waals surface area contributed by atoms with E-state index >= 15 is 0 Å². The zero-order chi connectivity index (χ0) is 15.1. The second-order valence-electron chi connectivity index (χ2n) is 5.10. The Morgan fingerprint density at radius 3 is 3.19 bits per heavy atom. The first-order chi connectivity index (χ1) is 10.2. The topological polar surface area (TPSA) is 68.0 Å². The van der Waals surface area contributed by atoms with E-state index in [2.05, 4.69) is 28.4 Å². The van der Waals surface area contributed by atoms with Crippen LogP contribution in [0.4, 0.5) is 0 Å². The SMILES string of the molecule is CSC1CCCC(NC(=O)c2ncccc2C#CCN)C1. The molecule has 0 aromatic carbocycles. The summed E-state index contributed by atoms with van der Waals surface area (Å²) in [6, 6.07) is 3.82. The van der Waals surface area contributed by atoms with Crippen molar-refractivity contribution in [2.45, 2.75) is 37.0 Å². The molecule has 112 valence electrons. The van der Waals surface area contributed by atoms with Gasteiger partial charge in [0.1, 0.15) is 5.69 Å². The normalized spacial score (nSPS) is 21.2. The van der Waals surface area contributed by atoms with E-state index in [9.17, 15) is 4.79 Å². The molecule has 0 spiro atoms. The molecule has 0 bridgehead atoms. The summed E-state index contributed by atoms with van der Waals surface area (Å²) in [7, 11) is 0. The predicted octanol–water partition coefficient (Wildman–Crippen LogP) is 1.80. The fourth-order valence-corrected chi connectivity index (χ4v) is 3.40. The van der Waals surface area contributed by atoms with Crippen LogP contribution in [0.25, 0.3) is 0 Å². The molecule has 4 nitrogen and oxygen atoms in total.